The van der Waals surface area contributed by atoms with E-state index in [-0.39, 0.29) is 41.9 Å². The summed E-state index contributed by atoms with van der Waals surface area (Å²) in [5.74, 6) is 11.7. The van der Waals surface area contributed by atoms with Crippen LogP contribution in [0.2, 0.25) is 0 Å². The van der Waals surface area contributed by atoms with Crippen LogP contribution in [0.3, 0.4) is 0 Å². The molecule has 4 atom stereocenters. The summed E-state index contributed by atoms with van der Waals surface area (Å²) in [7, 11) is 0. The van der Waals surface area contributed by atoms with Crippen molar-refractivity contribution < 1.29 is 61.5 Å². The minimum Gasteiger partial charge on any atom is -0.207 e. The molecule has 2 spiro atoms. The number of hydrogen-bond donors (Lipinski definition) is 0. The molecule has 16 rings (SSSR count). The fourth-order valence-corrected chi connectivity index (χ4v) is 25.6. The van der Waals surface area contributed by atoms with Gasteiger partial charge in [-0.1, -0.05) is 385 Å². The molecule has 0 aromatic rings. The lowest BCUT2D eigenvalue weighted by molar-refractivity contribution is -0.286. The molecule has 0 heterocycles. The Kier molecular flexibility index (Phi) is 48.6. The Morgan fingerprint density at radius 3 is 0.618 bits per heavy atom. The first kappa shape index (κ1) is 139. The SMILES string of the molecule is CC.CC.CC(C)(C)C(C)(C)C1CC1.CC(C)(C)C(C1CC1)C1CC1.CC(C)(C)C1(C(F)(F)F)CC1.CC(C)(C)C1(C(F)(F)F)CCC1.CC(C)(C)C1(C)CCC1.CC(C)(C)C1CC2(C1)CC(F)(F)C2.CC(C)(C)C1CC2(CCC2)C1.CC(C)(C)CC1(C(F)(F)F)CC1.CC(C)(C)CC1(C(F)(F)F)CCC1.CC[C@@H](C1CC1)C(C)(C)C.CC[C@H](C1CC1)C(C)(C)C.C[C@@H](C1CC1)C(C)(C)C.C[C@H](C1CC1)C(C)(C)C. The molecule has 14 heteroatoms. The maximum absolute atomic E-state index is 12.7. The van der Waals surface area contributed by atoms with Crippen LogP contribution < -0.4 is 0 Å². The lowest BCUT2D eigenvalue weighted by atomic mass is 9.46. The first-order valence-corrected chi connectivity index (χ1v) is 59.7. The summed E-state index contributed by atoms with van der Waals surface area (Å²) in [6.07, 6.45) is 26.6. The Balaban J connectivity index is 0.000000526. The molecule has 16 aliphatic rings. The van der Waals surface area contributed by atoms with Gasteiger partial charge in [0, 0.05) is 12.8 Å². The summed E-state index contributed by atoms with van der Waals surface area (Å²) in [5.41, 5.74) is -0.362. The van der Waals surface area contributed by atoms with Gasteiger partial charge in [-0.05, 0) is 380 Å². The number of halogens is 14. The Hall–Kier alpha value is -0.980. The second-order valence-electron chi connectivity index (χ2n) is 65.3. The fourth-order valence-electron chi connectivity index (χ4n) is 25.6. The lowest BCUT2D eigenvalue weighted by Gasteiger charge is -2.60. The third-order valence-corrected chi connectivity index (χ3v) is 39.8. The zero-order valence-electron chi connectivity index (χ0n) is 105. The van der Waals surface area contributed by atoms with Crippen molar-refractivity contribution in [3.63, 3.8) is 0 Å². The molecule has 16 aliphatic carbocycles. The monoisotopic (exact) mass is 2070 g/mol. The van der Waals surface area contributed by atoms with Crippen molar-refractivity contribution in [1.82, 2.24) is 0 Å². The van der Waals surface area contributed by atoms with Crippen LogP contribution in [-0.2, 0) is 0 Å². The zero-order chi connectivity index (χ0) is 113. The lowest BCUT2D eigenvalue weighted by Crippen LogP contribution is -2.55. The first-order chi connectivity index (χ1) is 64.0. The highest BCUT2D eigenvalue weighted by Crippen LogP contribution is 2.71. The summed E-state index contributed by atoms with van der Waals surface area (Å²) in [5, 5.41) is 0. The molecule has 0 N–H and O–H groups in total. The van der Waals surface area contributed by atoms with Crippen molar-refractivity contribution in [3.8, 4) is 0 Å². The molecular weight excluding hydrogens is 1830 g/mol. The van der Waals surface area contributed by atoms with Crippen LogP contribution in [0.1, 0.15) is 603 Å². The third kappa shape index (κ3) is 42.8. The minimum absolute atomic E-state index is 0.0570. The van der Waals surface area contributed by atoms with Gasteiger partial charge in [0.15, 0.2) is 0 Å². The molecule has 0 nitrogen and oxygen atoms in total. The molecule has 0 bridgehead atoms. The number of rotatable bonds is 11. The first-order valence-electron chi connectivity index (χ1n) is 59.7. The molecule has 0 radical (unpaired) electrons. The fraction of sp³-hybridized carbons (Fsp3) is 1.00. The molecule has 0 saturated heterocycles. The highest BCUT2D eigenvalue weighted by atomic mass is 19.4. The van der Waals surface area contributed by atoms with E-state index < -0.39 is 63.1 Å². The second kappa shape index (κ2) is 50.3. The van der Waals surface area contributed by atoms with Gasteiger partial charge < -0.3 is 0 Å². The van der Waals surface area contributed by atoms with Crippen LogP contribution in [0.4, 0.5) is 61.5 Å². The quantitative estimate of drug-likeness (QED) is 0.181. The second-order valence-corrected chi connectivity index (χ2v) is 65.3. The molecule has 0 aromatic heterocycles. The van der Waals surface area contributed by atoms with E-state index in [1.54, 1.807) is 54.4 Å². The number of alkyl halides is 14. The van der Waals surface area contributed by atoms with E-state index in [2.05, 4.69) is 235 Å². The van der Waals surface area contributed by atoms with E-state index in [1.165, 1.54) is 141 Å². The van der Waals surface area contributed by atoms with Gasteiger partial charge in [-0.25, -0.2) is 8.78 Å². The maximum Gasteiger partial charge on any atom is 0.395 e. The van der Waals surface area contributed by atoms with Crippen molar-refractivity contribution in [2.45, 2.75) is 634 Å². The van der Waals surface area contributed by atoms with E-state index in [9.17, 15) is 61.5 Å². The van der Waals surface area contributed by atoms with E-state index in [0.29, 0.717) is 117 Å². The maximum atomic E-state index is 12.7. The normalized spacial score (nSPS) is 24.1. The average molecular weight is 2070 g/mol. The summed E-state index contributed by atoms with van der Waals surface area (Å²) >= 11 is 0. The molecule has 0 amide bonds. The van der Waals surface area contributed by atoms with E-state index in [4.69, 9.17) is 0 Å². The Labute approximate surface area is 886 Å². The van der Waals surface area contributed by atoms with Gasteiger partial charge in [-0.3, -0.25) is 0 Å². The van der Waals surface area contributed by atoms with E-state index >= 15 is 0 Å². The molecule has 862 valence electrons. The van der Waals surface area contributed by atoms with Gasteiger partial charge in [0.25, 0.3) is 0 Å². The van der Waals surface area contributed by atoms with Gasteiger partial charge in [0.1, 0.15) is 0 Å². The predicted octanol–water partition coefficient (Wildman–Crippen LogP) is 47.8. The summed E-state index contributed by atoms with van der Waals surface area (Å²) in [4.78, 5) is 0. The largest absolute Gasteiger partial charge is 0.395 e. The van der Waals surface area contributed by atoms with Gasteiger partial charge in [0.2, 0.25) is 5.92 Å². The van der Waals surface area contributed by atoms with Crippen LogP contribution >= 0.6 is 0 Å². The van der Waals surface area contributed by atoms with Crippen molar-refractivity contribution in [3.05, 3.63) is 0 Å². The zero-order valence-corrected chi connectivity index (χ0v) is 105. The smallest absolute Gasteiger partial charge is 0.207 e. The van der Waals surface area contributed by atoms with Crippen molar-refractivity contribution in [1.29, 1.82) is 0 Å². The van der Waals surface area contributed by atoms with Crippen molar-refractivity contribution in [2.75, 3.05) is 0 Å². The molecular formula is C130H244F14. The third-order valence-electron chi connectivity index (χ3n) is 39.8. The van der Waals surface area contributed by atoms with Crippen LogP contribution in [-0.4, -0.2) is 30.6 Å². The summed E-state index contributed by atoms with van der Waals surface area (Å²) in [6.45, 7) is 109. The van der Waals surface area contributed by atoms with Gasteiger partial charge >= 0.3 is 24.7 Å². The van der Waals surface area contributed by atoms with Crippen molar-refractivity contribution >= 4 is 0 Å². The Bertz CT molecular complexity index is 3460. The molecule has 0 aromatic carbocycles. The van der Waals surface area contributed by atoms with Gasteiger partial charge in [0.05, 0.1) is 21.7 Å². The average Bonchev–Trinajstić information content (AvgIpc) is 1.67. The topological polar surface area (TPSA) is 0 Å². The molecule has 0 unspecified atom stereocenters. The highest BCUT2D eigenvalue weighted by molar-refractivity contribution is 5.11. The van der Waals surface area contributed by atoms with E-state index in [1.807, 2.05) is 69.2 Å². The minimum atomic E-state index is -4.02. The van der Waals surface area contributed by atoms with E-state index in [0.717, 1.165) is 108 Å². The summed E-state index contributed by atoms with van der Waals surface area (Å²) < 4.78 is 176. The molecule has 16 saturated carbocycles. The van der Waals surface area contributed by atoms with Gasteiger partial charge in [-0.15, -0.1) is 0 Å². The predicted molar refractivity (Wildman–Crippen MR) is 598 cm³/mol. The number of hydrogen-bond acceptors (Lipinski definition) is 0. The molecule has 16 fully saturated rings. The Morgan fingerprint density at radius 2 is 0.535 bits per heavy atom. The Morgan fingerprint density at radius 1 is 0.271 bits per heavy atom. The van der Waals surface area contributed by atoms with Crippen LogP contribution in [0.15, 0.2) is 0 Å². The van der Waals surface area contributed by atoms with Crippen LogP contribution in [0.25, 0.3) is 0 Å². The molecule has 0 aliphatic heterocycles. The van der Waals surface area contributed by atoms with Crippen molar-refractivity contribution in [2.24, 2.45) is 197 Å². The van der Waals surface area contributed by atoms with Crippen LogP contribution in [0.5, 0.6) is 0 Å². The van der Waals surface area contributed by atoms with Crippen LogP contribution in [0, 0.1) is 197 Å². The molecule has 144 heavy (non-hydrogen) atoms. The highest BCUT2D eigenvalue weighted by Gasteiger charge is 2.70. The summed E-state index contributed by atoms with van der Waals surface area (Å²) in [6, 6.07) is 0. The standard InChI is InChI=1S/C11H18F2.2C11H20.C10H17F3.3C10H20.2C9H15F3.3C9H18.C8H13F3.2C2H6/c1-9(2,3)8-4-10(5-8)6-11(12,13)7-10;1-11(2,3)10(8-4-5-8)9-6-7-9;1-10(2,3)9-7-11(8-9)5-4-6-11;1-8(2,3)7-9(5-4-6-9)10(11,12)13;1-9(2,3)10(4,5)8-6-7-8;2*1-5-9(8-6-7-8)10(2,3)4;1-7(2,3)6-8(4-5-8)9(10,11)12;1-7(2,3)8(5-4-6-8)9(10,11)12;1-8(2,3)9(4)6-5-7-9;2*1-7(8-5-6-8)9(2,3)4;1-6(2,3)7(4-5-7)8(9,10)11;2*1-2/h8H,4-7H2,1-3H3;8-10H,4-7H2,1-3H3;9H,4-8H2,1-3H3;4-7H2,1-3H3;8H,6-7H2,1-5H3;2*8-9H,5-7H2,1-4H3;2*4-6H2,1-3H3;5-7H2,1-4H3;2*7-8H,5-6H2,1-4H3;4-5H2,1-3H3;2*1-2H3/t;;;;;2*9-;;;;2*7-;;;/m.....10...10.../s1. The van der Waals surface area contributed by atoms with Gasteiger partial charge in [-0.2, -0.15) is 52.7 Å².